The molecule has 5 nitrogen and oxygen atoms in total. The Balaban J connectivity index is 1.46. The molecule has 0 amide bonds. The smallest absolute Gasteiger partial charge is 0.416 e. The van der Waals surface area contributed by atoms with Gasteiger partial charge in [-0.1, -0.05) is 0 Å². The number of fused-ring (bicyclic) bond motifs is 2. The number of alkyl halides is 3. The average molecular weight is 418 g/mol. The molecule has 0 radical (unpaired) electrons. The highest BCUT2D eigenvalue weighted by Gasteiger charge is 2.40. The van der Waals surface area contributed by atoms with Gasteiger partial charge in [0.2, 0.25) is 0 Å². The van der Waals surface area contributed by atoms with Crippen LogP contribution < -0.4 is 4.90 Å². The first-order valence-corrected chi connectivity index (χ1v) is 10.6. The summed E-state index contributed by atoms with van der Waals surface area (Å²) in [5, 5.41) is 19.1. The van der Waals surface area contributed by atoms with E-state index in [4.69, 9.17) is 0 Å². The number of hydrogen-bond donors (Lipinski definition) is 1. The number of benzene rings is 1. The summed E-state index contributed by atoms with van der Waals surface area (Å²) in [4.78, 5) is 4.98. The van der Waals surface area contributed by atoms with E-state index in [2.05, 4.69) is 20.0 Å². The lowest BCUT2D eigenvalue weighted by Crippen LogP contribution is -2.52. The maximum atomic E-state index is 13.0. The molecule has 2 fully saturated rings. The van der Waals surface area contributed by atoms with Crippen LogP contribution in [0.25, 0.3) is 11.3 Å². The molecule has 5 rings (SSSR count). The van der Waals surface area contributed by atoms with Gasteiger partial charge >= 0.3 is 6.18 Å². The fraction of sp³-hybridized carbons (Fsp3) is 0.545. The Morgan fingerprint density at radius 3 is 2.43 bits per heavy atom. The number of aromatic hydroxyl groups is 1. The van der Waals surface area contributed by atoms with Crippen LogP contribution in [0.15, 0.2) is 18.2 Å². The molecule has 4 heterocycles. The van der Waals surface area contributed by atoms with Crippen molar-refractivity contribution in [3.63, 3.8) is 0 Å². The highest BCUT2D eigenvalue weighted by molar-refractivity contribution is 5.73. The topological polar surface area (TPSA) is 52.5 Å². The van der Waals surface area contributed by atoms with Crippen molar-refractivity contribution in [1.29, 1.82) is 0 Å². The van der Waals surface area contributed by atoms with Gasteiger partial charge in [-0.15, -0.1) is 10.2 Å². The Hall–Kier alpha value is -2.35. The van der Waals surface area contributed by atoms with Gasteiger partial charge in [-0.2, -0.15) is 13.2 Å². The Labute approximate surface area is 173 Å². The van der Waals surface area contributed by atoms with E-state index in [0.717, 1.165) is 42.9 Å². The molecule has 3 aliphatic rings. The van der Waals surface area contributed by atoms with E-state index in [9.17, 15) is 18.3 Å². The number of aromatic nitrogens is 2. The zero-order valence-electron chi connectivity index (χ0n) is 16.9. The van der Waals surface area contributed by atoms with E-state index in [-0.39, 0.29) is 0 Å². The lowest BCUT2D eigenvalue weighted by Gasteiger charge is -2.42. The molecule has 2 saturated heterocycles. The molecule has 2 atom stereocenters. The molecule has 1 N–H and O–H groups in total. The molecule has 1 aromatic heterocycles. The average Bonchev–Trinajstić information content (AvgIpc) is 3.33. The van der Waals surface area contributed by atoms with Gasteiger partial charge in [0.1, 0.15) is 5.75 Å². The minimum Gasteiger partial charge on any atom is -0.507 e. The van der Waals surface area contributed by atoms with Gasteiger partial charge in [-0.3, -0.25) is 4.90 Å². The van der Waals surface area contributed by atoms with Crippen molar-refractivity contribution in [2.24, 2.45) is 0 Å². The summed E-state index contributed by atoms with van der Waals surface area (Å²) in [6, 6.07) is 4.72. The molecule has 0 unspecified atom stereocenters. The molecule has 3 aliphatic heterocycles. The predicted octanol–water partition coefficient (Wildman–Crippen LogP) is 4.17. The number of nitrogens with zero attached hydrogens (tertiary/aromatic N) is 4. The van der Waals surface area contributed by atoms with Crippen molar-refractivity contribution < 1.29 is 18.3 Å². The standard InChI is InChI=1S/C22H25F3N4O/c1-13-10-15(22(23,24)25)12-19(30)20(13)16-11-14-6-9-29(21(14)27-26-16)18-5-3-8-28-7-2-4-17(18)28/h10-12,17-18,30H,2-9H2,1H3/t17-,18-/m1/s1. The van der Waals surface area contributed by atoms with Crippen molar-refractivity contribution >= 4 is 5.82 Å². The van der Waals surface area contributed by atoms with Crippen molar-refractivity contribution in [3.05, 3.63) is 34.9 Å². The van der Waals surface area contributed by atoms with Gasteiger partial charge in [0.25, 0.3) is 0 Å². The molecular weight excluding hydrogens is 393 g/mol. The Bertz CT molecular complexity index is 954. The number of aryl methyl sites for hydroxylation is 1. The third kappa shape index (κ3) is 3.21. The second kappa shape index (κ2) is 7.11. The maximum Gasteiger partial charge on any atom is 0.416 e. The van der Waals surface area contributed by atoms with E-state index in [0.29, 0.717) is 28.9 Å². The van der Waals surface area contributed by atoms with Gasteiger partial charge in [0.15, 0.2) is 5.82 Å². The second-order valence-electron chi connectivity index (χ2n) is 8.66. The van der Waals surface area contributed by atoms with Crippen LogP contribution in [0.5, 0.6) is 5.75 Å². The number of hydrogen-bond acceptors (Lipinski definition) is 5. The van der Waals surface area contributed by atoms with Crippen molar-refractivity contribution in [1.82, 2.24) is 15.1 Å². The number of anilines is 1. The first kappa shape index (κ1) is 19.6. The lowest BCUT2D eigenvalue weighted by atomic mass is 9.95. The van der Waals surface area contributed by atoms with Gasteiger partial charge in [-0.05, 0) is 75.9 Å². The number of rotatable bonds is 2. The molecule has 0 saturated carbocycles. The lowest BCUT2D eigenvalue weighted by molar-refractivity contribution is -0.137. The van der Waals surface area contributed by atoms with Crippen LogP contribution >= 0.6 is 0 Å². The van der Waals surface area contributed by atoms with E-state index < -0.39 is 17.5 Å². The summed E-state index contributed by atoms with van der Waals surface area (Å²) in [7, 11) is 0. The molecule has 0 aliphatic carbocycles. The monoisotopic (exact) mass is 418 g/mol. The van der Waals surface area contributed by atoms with Crippen molar-refractivity contribution in [3.8, 4) is 17.0 Å². The molecule has 30 heavy (non-hydrogen) atoms. The van der Waals surface area contributed by atoms with Crippen LogP contribution in [0.4, 0.5) is 19.0 Å². The molecule has 1 aromatic carbocycles. The van der Waals surface area contributed by atoms with Gasteiger partial charge in [0.05, 0.1) is 11.3 Å². The van der Waals surface area contributed by atoms with Crippen LogP contribution in [-0.2, 0) is 12.6 Å². The molecule has 8 heteroatoms. The minimum atomic E-state index is -4.50. The van der Waals surface area contributed by atoms with Crippen LogP contribution in [0.1, 0.15) is 42.4 Å². The normalized spacial score (nSPS) is 24.2. The summed E-state index contributed by atoms with van der Waals surface area (Å²) in [5.74, 6) is 0.474. The number of halogens is 3. The third-order valence-electron chi connectivity index (χ3n) is 6.85. The Kier molecular flexibility index (Phi) is 4.65. The van der Waals surface area contributed by atoms with E-state index in [1.807, 2.05) is 6.07 Å². The van der Waals surface area contributed by atoms with Crippen molar-refractivity contribution in [2.75, 3.05) is 24.5 Å². The summed E-state index contributed by atoms with van der Waals surface area (Å²) >= 11 is 0. The summed E-state index contributed by atoms with van der Waals surface area (Å²) in [5.41, 5.74) is 1.26. The quantitative estimate of drug-likeness (QED) is 0.794. The Morgan fingerprint density at radius 2 is 1.73 bits per heavy atom. The fourth-order valence-electron chi connectivity index (χ4n) is 5.53. The fourth-order valence-corrected chi connectivity index (χ4v) is 5.53. The minimum absolute atomic E-state index is 0.316. The maximum absolute atomic E-state index is 13.0. The number of phenolic OH excluding ortho intramolecular Hbond substituents is 1. The van der Waals surface area contributed by atoms with Crippen LogP contribution in [0.3, 0.4) is 0 Å². The number of phenols is 1. The largest absolute Gasteiger partial charge is 0.507 e. The first-order chi connectivity index (χ1) is 14.3. The second-order valence-corrected chi connectivity index (χ2v) is 8.66. The molecular formula is C22H25F3N4O. The zero-order chi connectivity index (χ0) is 21.0. The summed E-state index contributed by atoms with van der Waals surface area (Å²) < 4.78 is 39.1. The van der Waals surface area contributed by atoms with E-state index in [1.54, 1.807) is 6.92 Å². The summed E-state index contributed by atoms with van der Waals surface area (Å²) in [6.45, 7) is 4.81. The third-order valence-corrected chi connectivity index (χ3v) is 6.85. The van der Waals surface area contributed by atoms with Gasteiger partial charge < -0.3 is 10.0 Å². The van der Waals surface area contributed by atoms with Crippen LogP contribution in [0.2, 0.25) is 0 Å². The van der Waals surface area contributed by atoms with Gasteiger partial charge in [-0.25, -0.2) is 0 Å². The Morgan fingerprint density at radius 1 is 1.00 bits per heavy atom. The summed E-state index contributed by atoms with van der Waals surface area (Å²) in [6.07, 6.45) is 1.15. The molecule has 0 bridgehead atoms. The molecule has 2 aromatic rings. The zero-order valence-corrected chi connectivity index (χ0v) is 16.9. The first-order valence-electron chi connectivity index (χ1n) is 10.6. The van der Waals surface area contributed by atoms with Crippen LogP contribution in [-0.4, -0.2) is 51.9 Å². The molecule has 0 spiro atoms. The van der Waals surface area contributed by atoms with Crippen molar-refractivity contribution in [2.45, 2.75) is 57.3 Å². The SMILES string of the molecule is Cc1cc(C(F)(F)F)cc(O)c1-c1cc2c(nn1)N([C@@H]1CCCN3CCC[C@H]13)CC2. The van der Waals surface area contributed by atoms with E-state index >= 15 is 0 Å². The highest BCUT2D eigenvalue weighted by atomic mass is 19.4. The predicted molar refractivity (Wildman–Crippen MR) is 108 cm³/mol. The molecule has 160 valence electrons. The number of piperidine rings is 1. The highest BCUT2D eigenvalue weighted by Crippen LogP contribution is 2.41. The van der Waals surface area contributed by atoms with E-state index in [1.165, 1.54) is 32.4 Å². The van der Waals surface area contributed by atoms with Crippen LogP contribution in [0, 0.1) is 6.92 Å². The van der Waals surface area contributed by atoms with Gasteiger partial charge in [0, 0.05) is 29.8 Å².